The first kappa shape index (κ1) is 28.9. The van der Waals surface area contributed by atoms with E-state index in [0.717, 1.165) is 27.6 Å². The van der Waals surface area contributed by atoms with Crippen molar-refractivity contribution in [3.8, 4) is 11.5 Å². The number of amides is 2. The average molecular weight is 570 g/mol. The van der Waals surface area contributed by atoms with Crippen LogP contribution in [0, 0.1) is 12.7 Å². The molecule has 1 aliphatic rings. The van der Waals surface area contributed by atoms with Gasteiger partial charge in [-0.2, -0.15) is 0 Å². The minimum absolute atomic E-state index is 0.0897. The zero-order valence-corrected chi connectivity index (χ0v) is 23.4. The molecule has 0 radical (unpaired) electrons. The molecule has 0 spiro atoms. The van der Waals surface area contributed by atoms with Crippen molar-refractivity contribution in [2.24, 2.45) is 0 Å². The third-order valence-electron chi connectivity index (χ3n) is 6.60. The van der Waals surface area contributed by atoms with E-state index in [9.17, 15) is 22.4 Å². The van der Waals surface area contributed by atoms with Gasteiger partial charge in [0.2, 0.25) is 11.8 Å². The van der Waals surface area contributed by atoms with Gasteiger partial charge in [0.05, 0.1) is 10.6 Å². The van der Waals surface area contributed by atoms with Crippen LogP contribution in [0.4, 0.5) is 10.1 Å². The van der Waals surface area contributed by atoms with Crippen molar-refractivity contribution in [3.05, 3.63) is 83.7 Å². The molecule has 1 N–H and O–H groups in total. The molecule has 3 aromatic rings. The smallest absolute Gasteiger partial charge is 0.264 e. The number of benzene rings is 3. The predicted octanol–water partition coefficient (Wildman–Crippen LogP) is 3.65. The van der Waals surface area contributed by atoms with Gasteiger partial charge in [0.25, 0.3) is 10.0 Å². The molecule has 0 aliphatic carbocycles. The van der Waals surface area contributed by atoms with E-state index in [1.54, 1.807) is 6.92 Å². The first-order valence-corrected chi connectivity index (χ1v) is 14.3. The molecule has 0 fully saturated rings. The fraction of sp³-hybridized carbons (Fsp3) is 0.310. The summed E-state index contributed by atoms with van der Waals surface area (Å²) in [6.07, 6.45) is 0.308. The lowest BCUT2D eigenvalue weighted by Gasteiger charge is -2.33. The summed E-state index contributed by atoms with van der Waals surface area (Å²) < 4.78 is 53.7. The Bertz CT molecular complexity index is 1460. The summed E-state index contributed by atoms with van der Waals surface area (Å²) in [5, 5.41) is 2.59. The highest BCUT2D eigenvalue weighted by atomic mass is 32.2. The van der Waals surface area contributed by atoms with Crippen molar-refractivity contribution in [2.45, 2.75) is 37.8 Å². The molecule has 0 bridgehead atoms. The highest BCUT2D eigenvalue weighted by Gasteiger charge is 2.34. The molecular weight excluding hydrogens is 537 g/mol. The maximum atomic E-state index is 14.0. The van der Waals surface area contributed by atoms with Gasteiger partial charge in [-0.05, 0) is 55.3 Å². The van der Waals surface area contributed by atoms with Crippen LogP contribution in [-0.2, 0) is 26.2 Å². The Balaban J connectivity index is 1.74. The Hall–Kier alpha value is -4.12. The third-order valence-corrected chi connectivity index (χ3v) is 8.37. The van der Waals surface area contributed by atoms with Crippen LogP contribution in [0.3, 0.4) is 0 Å². The fourth-order valence-electron chi connectivity index (χ4n) is 4.42. The second-order valence-corrected chi connectivity index (χ2v) is 11.2. The van der Waals surface area contributed by atoms with Crippen molar-refractivity contribution in [2.75, 3.05) is 31.1 Å². The number of aryl methyl sites for hydroxylation is 1. The Morgan fingerprint density at radius 1 is 0.975 bits per heavy atom. The van der Waals surface area contributed by atoms with Gasteiger partial charge in [-0.15, -0.1) is 0 Å². The second-order valence-electron chi connectivity index (χ2n) is 9.34. The van der Waals surface area contributed by atoms with E-state index in [1.807, 2.05) is 31.2 Å². The van der Waals surface area contributed by atoms with E-state index in [4.69, 9.17) is 9.47 Å². The van der Waals surface area contributed by atoms with Crippen molar-refractivity contribution < 1.29 is 31.9 Å². The van der Waals surface area contributed by atoms with Gasteiger partial charge in [-0.25, -0.2) is 12.8 Å². The number of sulfonamides is 1. The van der Waals surface area contributed by atoms with Crippen LogP contribution in [0.25, 0.3) is 0 Å². The molecule has 40 heavy (non-hydrogen) atoms. The number of rotatable bonds is 10. The number of nitrogens with zero attached hydrogens (tertiary/aromatic N) is 2. The summed E-state index contributed by atoms with van der Waals surface area (Å²) in [6, 6.07) is 15.7. The lowest BCUT2D eigenvalue weighted by molar-refractivity contribution is -0.140. The largest absolute Gasteiger partial charge is 0.486 e. The Morgan fingerprint density at radius 3 is 2.25 bits per heavy atom. The van der Waals surface area contributed by atoms with E-state index in [-0.39, 0.29) is 35.4 Å². The summed E-state index contributed by atoms with van der Waals surface area (Å²) in [5.41, 5.74) is 1.91. The lowest BCUT2D eigenvalue weighted by Crippen LogP contribution is -2.51. The third kappa shape index (κ3) is 6.36. The van der Waals surface area contributed by atoms with E-state index >= 15 is 0 Å². The van der Waals surface area contributed by atoms with Crippen LogP contribution in [0.1, 0.15) is 24.5 Å². The first-order chi connectivity index (χ1) is 19.1. The maximum Gasteiger partial charge on any atom is 0.264 e. The number of hydrogen-bond donors (Lipinski definition) is 1. The van der Waals surface area contributed by atoms with E-state index in [2.05, 4.69) is 5.32 Å². The number of ether oxygens (including phenoxy) is 2. The van der Waals surface area contributed by atoms with Crippen LogP contribution in [0.15, 0.2) is 71.6 Å². The second kappa shape index (κ2) is 12.4. The fourth-order valence-corrected chi connectivity index (χ4v) is 5.85. The highest BCUT2D eigenvalue weighted by Crippen LogP contribution is 2.34. The van der Waals surface area contributed by atoms with Gasteiger partial charge >= 0.3 is 0 Å². The monoisotopic (exact) mass is 569 g/mol. The highest BCUT2D eigenvalue weighted by molar-refractivity contribution is 7.92. The topological polar surface area (TPSA) is 105 Å². The van der Waals surface area contributed by atoms with Gasteiger partial charge in [0.1, 0.15) is 31.6 Å². The summed E-state index contributed by atoms with van der Waals surface area (Å²) in [5.74, 6) is -0.842. The van der Waals surface area contributed by atoms with Gasteiger partial charge in [-0.3, -0.25) is 13.9 Å². The first-order valence-electron chi connectivity index (χ1n) is 12.9. The molecule has 0 unspecified atom stereocenters. The molecule has 2 amide bonds. The number of likely N-dealkylation sites (N-methyl/N-ethyl adjacent to an activating group) is 1. The lowest BCUT2D eigenvalue weighted by atomic mass is 10.1. The molecule has 0 saturated heterocycles. The van der Waals surface area contributed by atoms with Crippen LogP contribution in [-0.4, -0.2) is 58.0 Å². The van der Waals surface area contributed by atoms with Crippen molar-refractivity contribution in [1.82, 2.24) is 10.2 Å². The zero-order chi connectivity index (χ0) is 28.9. The van der Waals surface area contributed by atoms with Gasteiger partial charge < -0.3 is 19.7 Å². The molecule has 0 saturated carbocycles. The average Bonchev–Trinajstić information content (AvgIpc) is 2.96. The van der Waals surface area contributed by atoms with Crippen molar-refractivity contribution in [3.63, 3.8) is 0 Å². The van der Waals surface area contributed by atoms with E-state index < -0.39 is 34.3 Å². The normalized spacial score (nSPS) is 13.3. The van der Waals surface area contributed by atoms with Crippen LogP contribution in [0.5, 0.6) is 11.5 Å². The van der Waals surface area contributed by atoms with E-state index in [1.165, 1.54) is 42.3 Å². The zero-order valence-electron chi connectivity index (χ0n) is 22.6. The summed E-state index contributed by atoms with van der Waals surface area (Å²) in [7, 11) is -2.86. The SMILES string of the molecule is CC[C@@H](C(=O)NC)N(Cc1ccc(C)cc1)C(=O)CN(c1ccc(F)cc1)S(=O)(=O)c1ccc2c(c1)OCCO2. The van der Waals surface area contributed by atoms with Crippen LogP contribution < -0.4 is 19.1 Å². The van der Waals surface area contributed by atoms with Gasteiger partial charge in [0.15, 0.2) is 11.5 Å². The van der Waals surface area contributed by atoms with Crippen molar-refractivity contribution in [1.29, 1.82) is 0 Å². The molecule has 212 valence electrons. The number of carbonyl (C=O) groups is 2. The number of nitrogens with one attached hydrogen (secondary N) is 1. The van der Waals surface area contributed by atoms with Crippen LogP contribution in [0.2, 0.25) is 0 Å². The summed E-state index contributed by atoms with van der Waals surface area (Å²) in [4.78, 5) is 27.9. The molecule has 1 atom stereocenters. The summed E-state index contributed by atoms with van der Waals surface area (Å²) >= 11 is 0. The molecule has 1 aliphatic heterocycles. The number of anilines is 1. The molecule has 1 heterocycles. The minimum Gasteiger partial charge on any atom is -0.486 e. The predicted molar refractivity (Wildman–Crippen MR) is 148 cm³/mol. The number of fused-ring (bicyclic) bond motifs is 1. The van der Waals surface area contributed by atoms with Gasteiger partial charge in [0, 0.05) is 19.7 Å². The molecule has 4 rings (SSSR count). The van der Waals surface area contributed by atoms with E-state index in [0.29, 0.717) is 18.8 Å². The number of halogens is 1. The molecule has 9 nitrogen and oxygen atoms in total. The van der Waals surface area contributed by atoms with Gasteiger partial charge in [-0.1, -0.05) is 36.8 Å². The summed E-state index contributed by atoms with van der Waals surface area (Å²) in [6.45, 7) is 3.79. The van der Waals surface area contributed by atoms with Crippen molar-refractivity contribution >= 4 is 27.5 Å². The maximum absolute atomic E-state index is 14.0. The molecular formula is C29H32FN3O6S. The molecule has 3 aromatic carbocycles. The standard InChI is InChI=1S/C29H32FN3O6S/c1-4-25(29(35)31-3)32(18-21-7-5-20(2)6-8-21)28(34)19-33(23-11-9-22(30)10-12-23)40(36,37)24-13-14-26-27(17-24)39-16-15-38-26/h5-14,17,25H,4,15-16,18-19H2,1-3H3,(H,31,35)/t25-/m0/s1. The number of carbonyl (C=O) groups excluding carboxylic acids is 2. The molecule has 11 heteroatoms. The quantitative estimate of drug-likeness (QED) is 0.400. The Labute approximate surface area is 233 Å². The van der Waals surface area contributed by atoms with Crippen LogP contribution >= 0.6 is 0 Å². The number of hydrogen-bond acceptors (Lipinski definition) is 6. The Morgan fingerprint density at radius 2 is 1.62 bits per heavy atom. The Kier molecular flexibility index (Phi) is 8.93. The molecule has 0 aromatic heterocycles. The minimum atomic E-state index is -4.34.